The summed E-state index contributed by atoms with van der Waals surface area (Å²) in [6.45, 7) is 2.00. The maximum Gasteiger partial charge on any atom is 0.221 e. The molecule has 2 atom stereocenters. The van der Waals surface area contributed by atoms with Crippen LogP contribution in [0.25, 0.3) is 0 Å². The van der Waals surface area contributed by atoms with Gasteiger partial charge >= 0.3 is 0 Å². The molecule has 1 aliphatic heterocycles. The predicted octanol–water partition coefficient (Wildman–Crippen LogP) is 1.52. The summed E-state index contributed by atoms with van der Waals surface area (Å²) in [4.78, 5) is 11.8. The van der Waals surface area contributed by atoms with Crippen molar-refractivity contribution in [2.45, 2.75) is 18.6 Å². The average molecular weight is 333 g/mol. The second kappa shape index (κ2) is 7.96. The normalized spacial score (nSPS) is 20.0. The van der Waals surface area contributed by atoms with Crippen molar-refractivity contribution in [3.8, 4) is 0 Å². The van der Waals surface area contributed by atoms with Gasteiger partial charge in [-0.25, -0.2) is 0 Å². The Labute approximate surface area is 133 Å². The van der Waals surface area contributed by atoms with Crippen LogP contribution in [-0.4, -0.2) is 43.4 Å². The van der Waals surface area contributed by atoms with Gasteiger partial charge in [0.2, 0.25) is 5.91 Å². The third-order valence-electron chi connectivity index (χ3n) is 3.26. The Hall–Kier alpha value is -0.850. The first-order chi connectivity index (χ1) is 10.1. The number of carbonyl (C=O) groups excluding carboxylic acids is 1. The van der Waals surface area contributed by atoms with Crippen molar-refractivity contribution in [2.24, 2.45) is 0 Å². The van der Waals surface area contributed by atoms with Gasteiger partial charge in [0, 0.05) is 41.2 Å². The second-order valence-corrected chi connectivity index (χ2v) is 5.70. The van der Waals surface area contributed by atoms with E-state index >= 15 is 0 Å². The highest BCUT2D eigenvalue weighted by Gasteiger charge is 2.19. The van der Waals surface area contributed by atoms with E-state index in [-0.39, 0.29) is 18.5 Å². The molecule has 1 aromatic rings. The number of hydrogen-bond acceptors (Lipinski definition) is 4. The number of carbonyl (C=O) groups is 1. The molecular weight excluding hydrogens is 315 g/mol. The maximum absolute atomic E-state index is 11.8. The molecule has 5 nitrogen and oxygen atoms in total. The van der Waals surface area contributed by atoms with Gasteiger partial charge in [-0.05, 0) is 12.1 Å². The Morgan fingerprint density at radius 3 is 2.81 bits per heavy atom. The third kappa shape index (κ3) is 4.83. The van der Waals surface area contributed by atoms with Crippen LogP contribution in [-0.2, 0) is 9.53 Å². The summed E-state index contributed by atoms with van der Waals surface area (Å²) >= 11 is 12.0. The molecule has 21 heavy (non-hydrogen) atoms. The van der Waals surface area contributed by atoms with Gasteiger partial charge in [-0.2, -0.15) is 0 Å². The van der Waals surface area contributed by atoms with Gasteiger partial charge in [0.15, 0.2) is 0 Å². The number of benzene rings is 1. The molecule has 116 valence electrons. The van der Waals surface area contributed by atoms with E-state index in [1.807, 2.05) is 0 Å². The largest absolute Gasteiger partial charge is 0.386 e. The summed E-state index contributed by atoms with van der Waals surface area (Å²) in [7, 11) is 0. The quantitative estimate of drug-likeness (QED) is 0.764. The number of hydrogen-bond donors (Lipinski definition) is 3. The van der Waals surface area contributed by atoms with E-state index in [0.29, 0.717) is 35.2 Å². The van der Waals surface area contributed by atoms with E-state index in [1.54, 1.807) is 18.2 Å². The molecule has 2 unspecified atom stereocenters. The molecule has 0 bridgehead atoms. The summed E-state index contributed by atoms with van der Waals surface area (Å²) in [6, 6.07) is 5.02. The fraction of sp³-hybridized carbons (Fsp3) is 0.500. The number of amides is 1. The lowest BCUT2D eigenvalue weighted by atomic mass is 10.1. The summed E-state index contributed by atoms with van der Waals surface area (Å²) in [5, 5.41) is 16.8. The zero-order valence-corrected chi connectivity index (χ0v) is 13.0. The Bertz CT molecular complexity index is 473. The van der Waals surface area contributed by atoms with E-state index in [2.05, 4.69) is 10.6 Å². The lowest BCUT2D eigenvalue weighted by Crippen LogP contribution is -2.44. The van der Waals surface area contributed by atoms with Crippen LogP contribution in [0, 0.1) is 0 Å². The number of morpholine rings is 1. The van der Waals surface area contributed by atoms with Crippen LogP contribution in [0.3, 0.4) is 0 Å². The molecular formula is C14H18Cl2N2O3. The van der Waals surface area contributed by atoms with Gasteiger partial charge in [0.1, 0.15) is 0 Å². The number of halogens is 2. The first-order valence-corrected chi connectivity index (χ1v) is 7.53. The molecule has 0 spiro atoms. The van der Waals surface area contributed by atoms with E-state index in [4.69, 9.17) is 27.9 Å². The predicted molar refractivity (Wildman–Crippen MR) is 81.7 cm³/mol. The fourth-order valence-corrected chi connectivity index (χ4v) is 2.84. The van der Waals surface area contributed by atoms with E-state index in [9.17, 15) is 9.90 Å². The number of rotatable bonds is 5. The Morgan fingerprint density at radius 1 is 1.48 bits per heavy atom. The number of aliphatic hydroxyl groups is 1. The molecule has 1 fully saturated rings. The molecule has 1 saturated heterocycles. The molecule has 2 rings (SSSR count). The highest BCUT2D eigenvalue weighted by atomic mass is 35.5. The summed E-state index contributed by atoms with van der Waals surface area (Å²) in [5.41, 5.74) is 0.431. The standard InChI is InChI=1S/C14H18Cl2N2O3/c15-10-2-1-3-11(16)14(10)12(19)7-18-13(20)6-9-8-21-5-4-17-9/h1-3,9,12,17,19H,4-8H2,(H,18,20). The summed E-state index contributed by atoms with van der Waals surface area (Å²) in [6.07, 6.45) is -0.631. The lowest BCUT2D eigenvalue weighted by Gasteiger charge is -2.23. The van der Waals surface area contributed by atoms with Crippen molar-refractivity contribution in [2.75, 3.05) is 26.3 Å². The van der Waals surface area contributed by atoms with Gasteiger partial charge in [-0.3, -0.25) is 4.79 Å². The highest BCUT2D eigenvalue weighted by molar-refractivity contribution is 6.36. The van der Waals surface area contributed by atoms with Crippen LogP contribution in [0.2, 0.25) is 10.0 Å². The topological polar surface area (TPSA) is 70.6 Å². The lowest BCUT2D eigenvalue weighted by molar-refractivity contribution is -0.122. The first-order valence-electron chi connectivity index (χ1n) is 6.77. The molecule has 1 aromatic carbocycles. The molecule has 0 aromatic heterocycles. The fourth-order valence-electron chi connectivity index (χ4n) is 2.19. The van der Waals surface area contributed by atoms with Gasteiger partial charge in [-0.15, -0.1) is 0 Å². The van der Waals surface area contributed by atoms with E-state index < -0.39 is 6.10 Å². The maximum atomic E-state index is 11.8. The zero-order chi connectivity index (χ0) is 15.2. The Balaban J connectivity index is 1.83. The minimum absolute atomic E-state index is 0.0137. The zero-order valence-electron chi connectivity index (χ0n) is 11.4. The minimum Gasteiger partial charge on any atom is -0.386 e. The first kappa shape index (κ1) is 16.5. The van der Waals surface area contributed by atoms with Gasteiger partial charge in [0.05, 0.1) is 19.3 Å². The van der Waals surface area contributed by atoms with Crippen LogP contribution in [0.1, 0.15) is 18.1 Å². The molecule has 3 N–H and O–H groups in total. The van der Waals surface area contributed by atoms with Crippen LogP contribution >= 0.6 is 23.2 Å². The second-order valence-electron chi connectivity index (χ2n) is 4.89. The van der Waals surface area contributed by atoms with Gasteiger partial charge in [0.25, 0.3) is 0 Å². The van der Waals surface area contributed by atoms with Crippen molar-refractivity contribution in [3.05, 3.63) is 33.8 Å². The van der Waals surface area contributed by atoms with E-state index in [1.165, 1.54) is 0 Å². The number of aliphatic hydroxyl groups excluding tert-OH is 1. The van der Waals surface area contributed by atoms with Crippen LogP contribution in [0.5, 0.6) is 0 Å². The Kier molecular flexibility index (Phi) is 6.26. The highest BCUT2D eigenvalue weighted by Crippen LogP contribution is 2.29. The third-order valence-corrected chi connectivity index (χ3v) is 3.91. The van der Waals surface area contributed by atoms with Crippen LogP contribution in [0.4, 0.5) is 0 Å². The summed E-state index contributed by atoms with van der Waals surface area (Å²) in [5.74, 6) is -0.153. The van der Waals surface area contributed by atoms with Crippen LogP contribution in [0.15, 0.2) is 18.2 Å². The minimum atomic E-state index is -0.939. The molecule has 1 amide bonds. The van der Waals surface area contributed by atoms with Crippen molar-refractivity contribution in [3.63, 3.8) is 0 Å². The molecule has 0 aliphatic carbocycles. The van der Waals surface area contributed by atoms with Gasteiger partial charge in [-0.1, -0.05) is 29.3 Å². The smallest absolute Gasteiger partial charge is 0.221 e. The number of nitrogens with one attached hydrogen (secondary N) is 2. The van der Waals surface area contributed by atoms with Crippen molar-refractivity contribution in [1.82, 2.24) is 10.6 Å². The SMILES string of the molecule is O=C(CC1COCCN1)NCC(O)c1c(Cl)cccc1Cl. The van der Waals surface area contributed by atoms with E-state index in [0.717, 1.165) is 6.54 Å². The molecule has 1 heterocycles. The number of ether oxygens (including phenoxy) is 1. The van der Waals surface area contributed by atoms with Gasteiger partial charge < -0.3 is 20.5 Å². The van der Waals surface area contributed by atoms with Crippen LogP contribution < -0.4 is 10.6 Å². The Morgan fingerprint density at radius 2 is 2.19 bits per heavy atom. The summed E-state index contributed by atoms with van der Waals surface area (Å²) < 4.78 is 5.28. The molecule has 1 aliphatic rings. The van der Waals surface area contributed by atoms with Crippen molar-refractivity contribution in [1.29, 1.82) is 0 Å². The molecule has 0 radical (unpaired) electrons. The molecule has 7 heteroatoms. The monoisotopic (exact) mass is 332 g/mol. The molecule has 0 saturated carbocycles. The van der Waals surface area contributed by atoms with Crippen molar-refractivity contribution >= 4 is 29.1 Å². The van der Waals surface area contributed by atoms with Crippen molar-refractivity contribution < 1.29 is 14.6 Å². The average Bonchev–Trinajstić information content (AvgIpc) is 2.46.